The number of hydrogen-bond acceptors (Lipinski definition) is 5. The molecule has 0 aliphatic carbocycles. The van der Waals surface area contributed by atoms with E-state index in [0.29, 0.717) is 17.9 Å². The Morgan fingerprint density at radius 2 is 1.68 bits per heavy atom. The van der Waals surface area contributed by atoms with Crippen molar-refractivity contribution in [2.24, 2.45) is 5.73 Å². The lowest BCUT2D eigenvalue weighted by atomic mass is 10.1. The van der Waals surface area contributed by atoms with Crippen molar-refractivity contribution in [2.75, 3.05) is 0 Å². The first kappa shape index (κ1) is 23.8. The van der Waals surface area contributed by atoms with Crippen LogP contribution in [0.15, 0.2) is 71.8 Å². The Morgan fingerprint density at radius 3 is 2.13 bits per heavy atom. The molecule has 3 N–H and O–H groups in total. The van der Waals surface area contributed by atoms with Crippen molar-refractivity contribution in [1.82, 2.24) is 4.98 Å². The molecule has 3 rings (SSSR count). The smallest absolute Gasteiger partial charge is 0.416 e. The number of rotatable bonds is 4. The second kappa shape index (κ2) is 9.53. The SMILES string of the molecule is NC(=O)c1ccc(C(F)(F)F)cc1F.O=S(=O)(O)c1ccc(Oc2ccccc2)nc1. The van der Waals surface area contributed by atoms with E-state index in [0.717, 1.165) is 6.20 Å². The van der Waals surface area contributed by atoms with Crippen LogP contribution in [0.3, 0.4) is 0 Å². The Morgan fingerprint density at radius 1 is 1.03 bits per heavy atom. The lowest BCUT2D eigenvalue weighted by molar-refractivity contribution is -0.137. The third-order valence-corrected chi connectivity index (χ3v) is 4.37. The number of nitrogens with two attached hydrogens (primary N) is 1. The van der Waals surface area contributed by atoms with E-state index >= 15 is 0 Å². The van der Waals surface area contributed by atoms with Gasteiger partial charge in [-0.1, -0.05) is 18.2 Å². The molecule has 3 aromatic rings. The molecule has 0 fully saturated rings. The molecule has 12 heteroatoms. The van der Waals surface area contributed by atoms with Crippen LogP contribution in [0, 0.1) is 5.82 Å². The third-order valence-electron chi connectivity index (χ3n) is 3.53. The van der Waals surface area contributed by atoms with Crippen LogP contribution in [0.1, 0.15) is 15.9 Å². The van der Waals surface area contributed by atoms with Crippen molar-refractivity contribution in [2.45, 2.75) is 11.1 Å². The number of amides is 1. The van der Waals surface area contributed by atoms with Gasteiger partial charge < -0.3 is 10.5 Å². The molecular formula is C19H14F4N2O5S. The van der Waals surface area contributed by atoms with E-state index in [1.54, 1.807) is 12.1 Å². The van der Waals surface area contributed by atoms with Crippen molar-refractivity contribution >= 4 is 16.0 Å². The zero-order chi connectivity index (χ0) is 23.2. The summed E-state index contributed by atoms with van der Waals surface area (Å²) in [5.41, 5.74) is 3.00. The van der Waals surface area contributed by atoms with E-state index in [-0.39, 0.29) is 16.8 Å². The largest absolute Gasteiger partial charge is 0.439 e. The van der Waals surface area contributed by atoms with Crippen molar-refractivity contribution in [3.63, 3.8) is 0 Å². The fraction of sp³-hybridized carbons (Fsp3) is 0.0526. The predicted molar refractivity (Wildman–Crippen MR) is 100 cm³/mol. The highest BCUT2D eigenvalue weighted by Gasteiger charge is 2.31. The molecule has 0 aliphatic rings. The van der Waals surface area contributed by atoms with Crippen molar-refractivity contribution in [3.05, 3.63) is 83.8 Å². The number of pyridine rings is 1. The fourth-order valence-corrected chi connectivity index (χ4v) is 2.51. The summed E-state index contributed by atoms with van der Waals surface area (Å²) in [5.74, 6) is -1.52. The van der Waals surface area contributed by atoms with Crippen LogP contribution in [-0.4, -0.2) is 23.9 Å². The Labute approximate surface area is 173 Å². The lowest BCUT2D eigenvalue weighted by Gasteiger charge is -2.07. The number of hydrogen-bond donors (Lipinski definition) is 2. The highest BCUT2D eigenvalue weighted by molar-refractivity contribution is 7.85. The standard InChI is InChI=1S/C11H9NO4S.C8H5F4NO/c13-17(14,15)10-6-7-11(12-8-10)16-9-4-2-1-3-5-9;9-6-3-4(8(10,11)12)1-2-5(6)7(13)14/h1-8H,(H,13,14,15);1-3H,(H2,13,14). The van der Waals surface area contributed by atoms with Crippen LogP contribution in [0.2, 0.25) is 0 Å². The maximum Gasteiger partial charge on any atom is 0.416 e. The summed E-state index contributed by atoms with van der Waals surface area (Å²) in [5, 5.41) is 0. The number of carbonyl (C=O) groups is 1. The zero-order valence-corrected chi connectivity index (χ0v) is 16.2. The third kappa shape index (κ3) is 7.04. The molecule has 0 unspecified atom stereocenters. The summed E-state index contributed by atoms with van der Waals surface area (Å²) in [6.07, 6.45) is -3.59. The molecule has 0 bridgehead atoms. The molecule has 0 saturated carbocycles. The van der Waals surface area contributed by atoms with Crippen molar-refractivity contribution < 1.29 is 40.1 Å². The van der Waals surface area contributed by atoms with Gasteiger partial charge in [0.2, 0.25) is 5.88 Å². The average molecular weight is 458 g/mol. The van der Waals surface area contributed by atoms with Gasteiger partial charge in [-0.15, -0.1) is 0 Å². The Hall–Kier alpha value is -3.51. The number of primary amides is 1. The number of nitrogens with zero attached hydrogens (tertiary/aromatic N) is 1. The Balaban J connectivity index is 0.000000225. The molecule has 7 nitrogen and oxygen atoms in total. The zero-order valence-electron chi connectivity index (χ0n) is 15.4. The quantitative estimate of drug-likeness (QED) is 0.449. The fourth-order valence-electron chi connectivity index (χ4n) is 2.08. The summed E-state index contributed by atoms with van der Waals surface area (Å²) in [6, 6.07) is 13.1. The van der Waals surface area contributed by atoms with Gasteiger partial charge >= 0.3 is 6.18 Å². The van der Waals surface area contributed by atoms with Crippen LogP contribution in [0.25, 0.3) is 0 Å². The van der Waals surface area contributed by atoms with Crippen LogP contribution in [0.4, 0.5) is 17.6 Å². The number of alkyl halides is 3. The maximum atomic E-state index is 12.8. The molecular weight excluding hydrogens is 444 g/mol. The molecule has 1 aromatic heterocycles. The minimum absolute atomic E-state index is 0.236. The highest BCUT2D eigenvalue weighted by Crippen LogP contribution is 2.30. The van der Waals surface area contributed by atoms with Gasteiger partial charge in [-0.2, -0.15) is 21.6 Å². The molecule has 1 heterocycles. The maximum absolute atomic E-state index is 12.8. The van der Waals surface area contributed by atoms with Crippen LogP contribution < -0.4 is 10.5 Å². The summed E-state index contributed by atoms with van der Waals surface area (Å²) in [6.45, 7) is 0. The highest BCUT2D eigenvalue weighted by atomic mass is 32.2. The van der Waals surface area contributed by atoms with E-state index in [1.807, 2.05) is 18.2 Å². The predicted octanol–water partition coefficient (Wildman–Crippen LogP) is 4.06. The summed E-state index contributed by atoms with van der Waals surface area (Å²) >= 11 is 0. The summed E-state index contributed by atoms with van der Waals surface area (Å²) in [7, 11) is -4.21. The molecule has 2 aromatic carbocycles. The number of halogens is 4. The van der Waals surface area contributed by atoms with Crippen LogP contribution >= 0.6 is 0 Å². The van der Waals surface area contributed by atoms with Crippen LogP contribution in [-0.2, 0) is 16.3 Å². The summed E-state index contributed by atoms with van der Waals surface area (Å²) < 4.78 is 84.6. The Kier molecular flexibility index (Phi) is 7.31. The number of para-hydroxylation sites is 1. The van der Waals surface area contributed by atoms with E-state index < -0.39 is 39.1 Å². The van der Waals surface area contributed by atoms with E-state index in [9.17, 15) is 30.8 Å². The molecule has 0 radical (unpaired) electrons. The second-order valence-electron chi connectivity index (χ2n) is 5.78. The van der Waals surface area contributed by atoms with Crippen molar-refractivity contribution in [1.29, 1.82) is 0 Å². The van der Waals surface area contributed by atoms with Gasteiger partial charge in [0.05, 0.1) is 17.3 Å². The van der Waals surface area contributed by atoms with E-state index in [1.165, 1.54) is 12.1 Å². The van der Waals surface area contributed by atoms with Gasteiger partial charge in [0.1, 0.15) is 16.5 Å². The second-order valence-corrected chi connectivity index (χ2v) is 7.20. The van der Waals surface area contributed by atoms with Gasteiger partial charge in [-0.3, -0.25) is 9.35 Å². The van der Waals surface area contributed by atoms with Gasteiger partial charge in [-0.25, -0.2) is 9.37 Å². The minimum atomic E-state index is -4.63. The molecule has 0 aliphatic heterocycles. The number of benzene rings is 2. The van der Waals surface area contributed by atoms with Gasteiger partial charge in [0.25, 0.3) is 16.0 Å². The number of ether oxygens (including phenoxy) is 1. The molecule has 0 saturated heterocycles. The monoisotopic (exact) mass is 458 g/mol. The number of aromatic nitrogens is 1. The van der Waals surface area contributed by atoms with Gasteiger partial charge in [0.15, 0.2) is 0 Å². The van der Waals surface area contributed by atoms with E-state index in [4.69, 9.17) is 15.0 Å². The van der Waals surface area contributed by atoms with Crippen molar-refractivity contribution in [3.8, 4) is 11.6 Å². The molecule has 164 valence electrons. The normalized spacial score (nSPS) is 11.3. The van der Waals surface area contributed by atoms with E-state index in [2.05, 4.69) is 4.98 Å². The van der Waals surface area contributed by atoms with Gasteiger partial charge in [0, 0.05) is 6.07 Å². The summed E-state index contributed by atoms with van der Waals surface area (Å²) in [4.78, 5) is 14.0. The number of carbonyl (C=O) groups excluding carboxylic acids is 1. The average Bonchev–Trinajstić information content (AvgIpc) is 2.68. The molecule has 1 amide bonds. The minimum Gasteiger partial charge on any atom is -0.439 e. The molecule has 0 spiro atoms. The molecule has 0 atom stereocenters. The first-order valence-electron chi connectivity index (χ1n) is 8.21. The molecule has 31 heavy (non-hydrogen) atoms. The van der Waals surface area contributed by atoms with Crippen LogP contribution in [0.5, 0.6) is 11.6 Å². The van der Waals surface area contributed by atoms with Gasteiger partial charge in [-0.05, 0) is 36.4 Å². The first-order valence-corrected chi connectivity index (χ1v) is 9.65. The Bertz CT molecular complexity index is 1150. The topological polar surface area (TPSA) is 120 Å². The lowest BCUT2D eigenvalue weighted by Crippen LogP contribution is -2.14. The first-order chi connectivity index (χ1) is 14.4.